The number of halogens is 3. The number of ether oxygens (including phenoxy) is 1. The maximum Gasteiger partial charge on any atom is 0.246 e. The van der Waals surface area contributed by atoms with Gasteiger partial charge in [-0.25, -0.2) is 0 Å². The molecule has 6 heteroatoms. The zero-order valence-electron chi connectivity index (χ0n) is 11.1. The normalized spacial score (nSPS) is 10.3. The monoisotopic (exact) mass is 343 g/mol. The Morgan fingerprint density at radius 2 is 1.71 bits per heavy atom. The summed E-state index contributed by atoms with van der Waals surface area (Å²) in [6.45, 7) is 0. The van der Waals surface area contributed by atoms with Crippen molar-refractivity contribution in [3.63, 3.8) is 0 Å². The fourth-order valence-corrected chi connectivity index (χ4v) is 2.66. The topological polar surface area (TPSA) is 29.5 Å². The molecule has 2 aromatic carbocycles. The van der Waals surface area contributed by atoms with E-state index in [0.29, 0.717) is 27.2 Å². The quantitative estimate of drug-likeness (QED) is 0.738. The maximum atomic E-state index is 12.2. The standard InChI is InChI=1S/C15H12Cl3NO2/c1-21-11-7-12(17)15(13(18)8-11)19(14(20)9-16)10-5-3-2-4-6-10/h2-8H,9H2,1H3. The lowest BCUT2D eigenvalue weighted by atomic mass is 10.2. The number of alkyl halides is 1. The van der Waals surface area contributed by atoms with Crippen molar-refractivity contribution in [1.29, 1.82) is 0 Å². The number of benzene rings is 2. The van der Waals surface area contributed by atoms with Gasteiger partial charge in [-0.1, -0.05) is 41.4 Å². The number of hydrogen-bond acceptors (Lipinski definition) is 2. The van der Waals surface area contributed by atoms with E-state index in [1.165, 1.54) is 12.0 Å². The van der Waals surface area contributed by atoms with Crippen molar-refractivity contribution in [1.82, 2.24) is 0 Å². The number of rotatable bonds is 4. The number of carbonyl (C=O) groups is 1. The van der Waals surface area contributed by atoms with Crippen molar-refractivity contribution < 1.29 is 9.53 Å². The molecule has 0 spiro atoms. The highest BCUT2D eigenvalue weighted by Gasteiger charge is 2.23. The van der Waals surface area contributed by atoms with Gasteiger partial charge in [0.1, 0.15) is 11.6 Å². The number of hydrogen-bond donors (Lipinski definition) is 0. The fourth-order valence-electron chi connectivity index (χ4n) is 1.91. The van der Waals surface area contributed by atoms with Gasteiger partial charge in [0.05, 0.1) is 22.8 Å². The van der Waals surface area contributed by atoms with Gasteiger partial charge in [-0.2, -0.15) is 0 Å². The molecule has 2 aromatic rings. The van der Waals surface area contributed by atoms with E-state index in [-0.39, 0.29) is 11.8 Å². The largest absolute Gasteiger partial charge is 0.497 e. The van der Waals surface area contributed by atoms with Gasteiger partial charge >= 0.3 is 0 Å². The highest BCUT2D eigenvalue weighted by Crippen LogP contribution is 2.40. The average Bonchev–Trinajstić information content (AvgIpc) is 2.50. The SMILES string of the molecule is COc1cc(Cl)c(N(C(=O)CCl)c2ccccc2)c(Cl)c1. The third kappa shape index (κ3) is 3.43. The molecule has 0 radical (unpaired) electrons. The van der Waals surface area contributed by atoms with Gasteiger partial charge in [-0.05, 0) is 12.1 Å². The Morgan fingerprint density at radius 1 is 1.14 bits per heavy atom. The summed E-state index contributed by atoms with van der Waals surface area (Å²) in [6, 6.07) is 12.2. The Labute approximate surface area is 138 Å². The zero-order valence-corrected chi connectivity index (χ0v) is 13.4. The molecule has 21 heavy (non-hydrogen) atoms. The van der Waals surface area contributed by atoms with Crippen LogP contribution in [0.1, 0.15) is 0 Å². The Hall–Kier alpha value is -1.42. The molecule has 3 nitrogen and oxygen atoms in total. The number of anilines is 2. The molecule has 0 unspecified atom stereocenters. The summed E-state index contributed by atoms with van der Waals surface area (Å²) in [5, 5.41) is 0.614. The van der Waals surface area contributed by atoms with Crippen LogP contribution >= 0.6 is 34.8 Å². The van der Waals surface area contributed by atoms with Gasteiger partial charge in [0.15, 0.2) is 0 Å². The number of para-hydroxylation sites is 1. The first-order valence-electron chi connectivity index (χ1n) is 6.05. The molecule has 0 N–H and O–H groups in total. The van der Waals surface area contributed by atoms with Crippen LogP contribution in [0, 0.1) is 0 Å². The number of methoxy groups -OCH3 is 1. The molecule has 0 fully saturated rings. The third-order valence-corrected chi connectivity index (χ3v) is 3.63. The summed E-state index contributed by atoms with van der Waals surface area (Å²) in [6.07, 6.45) is 0. The second-order valence-electron chi connectivity index (χ2n) is 4.14. The van der Waals surface area contributed by atoms with Crippen molar-refractivity contribution in [3.05, 3.63) is 52.5 Å². The van der Waals surface area contributed by atoms with E-state index in [0.717, 1.165) is 0 Å². The molecule has 2 rings (SSSR count). The maximum absolute atomic E-state index is 12.2. The second kappa shape index (κ2) is 7.03. The van der Waals surface area contributed by atoms with E-state index >= 15 is 0 Å². The number of nitrogens with zero attached hydrogens (tertiary/aromatic N) is 1. The number of carbonyl (C=O) groups excluding carboxylic acids is 1. The smallest absolute Gasteiger partial charge is 0.246 e. The van der Waals surface area contributed by atoms with Crippen molar-refractivity contribution in [2.75, 3.05) is 17.9 Å². The Morgan fingerprint density at radius 3 is 2.19 bits per heavy atom. The van der Waals surface area contributed by atoms with Crippen LogP contribution in [-0.2, 0) is 4.79 Å². The predicted octanol–water partition coefficient (Wildman–Crippen LogP) is 4.91. The second-order valence-corrected chi connectivity index (χ2v) is 5.22. The highest BCUT2D eigenvalue weighted by atomic mass is 35.5. The van der Waals surface area contributed by atoms with Gasteiger partial charge < -0.3 is 4.74 Å². The van der Waals surface area contributed by atoms with Gasteiger partial charge in [0.25, 0.3) is 0 Å². The lowest BCUT2D eigenvalue weighted by Crippen LogP contribution is -2.27. The van der Waals surface area contributed by atoms with Crippen LogP contribution in [0.25, 0.3) is 0 Å². The van der Waals surface area contributed by atoms with E-state index in [4.69, 9.17) is 39.5 Å². The van der Waals surface area contributed by atoms with E-state index in [1.54, 1.807) is 24.3 Å². The first-order chi connectivity index (χ1) is 10.1. The molecule has 0 aliphatic heterocycles. The molecular weight excluding hydrogens is 333 g/mol. The van der Waals surface area contributed by atoms with Crippen molar-refractivity contribution in [2.45, 2.75) is 0 Å². The zero-order chi connectivity index (χ0) is 15.4. The van der Waals surface area contributed by atoms with Crippen LogP contribution < -0.4 is 9.64 Å². The lowest BCUT2D eigenvalue weighted by molar-refractivity contribution is -0.115. The van der Waals surface area contributed by atoms with Gasteiger partial charge in [0, 0.05) is 17.8 Å². The lowest BCUT2D eigenvalue weighted by Gasteiger charge is -2.24. The average molecular weight is 345 g/mol. The van der Waals surface area contributed by atoms with E-state index in [1.807, 2.05) is 18.2 Å². The molecule has 0 atom stereocenters. The summed E-state index contributed by atoms with van der Waals surface area (Å²) in [7, 11) is 1.51. The van der Waals surface area contributed by atoms with Crippen LogP contribution in [0.15, 0.2) is 42.5 Å². The Kier molecular flexibility index (Phi) is 5.34. The molecule has 110 valence electrons. The highest BCUT2D eigenvalue weighted by molar-refractivity contribution is 6.41. The molecule has 0 saturated heterocycles. The molecular formula is C15H12Cl3NO2. The van der Waals surface area contributed by atoms with Crippen molar-refractivity contribution >= 4 is 52.1 Å². The van der Waals surface area contributed by atoms with Gasteiger partial charge in [-0.15, -0.1) is 11.6 Å². The Balaban J connectivity index is 2.60. The molecule has 0 saturated carbocycles. The summed E-state index contributed by atoms with van der Waals surface area (Å²) >= 11 is 18.2. The van der Waals surface area contributed by atoms with Crippen LogP contribution in [0.3, 0.4) is 0 Å². The first kappa shape index (κ1) is 16.0. The van der Waals surface area contributed by atoms with E-state index in [9.17, 15) is 4.79 Å². The summed E-state index contributed by atoms with van der Waals surface area (Å²) in [5.41, 5.74) is 1.02. The molecule has 0 heterocycles. The number of amides is 1. The molecule has 0 aliphatic rings. The minimum Gasteiger partial charge on any atom is -0.497 e. The van der Waals surface area contributed by atoms with Crippen LogP contribution in [-0.4, -0.2) is 18.9 Å². The molecule has 1 amide bonds. The third-order valence-electron chi connectivity index (χ3n) is 2.83. The molecule has 0 aromatic heterocycles. The first-order valence-corrected chi connectivity index (χ1v) is 7.34. The van der Waals surface area contributed by atoms with Crippen LogP contribution in [0.4, 0.5) is 11.4 Å². The van der Waals surface area contributed by atoms with Crippen LogP contribution in [0.5, 0.6) is 5.75 Å². The molecule has 0 bridgehead atoms. The van der Waals surface area contributed by atoms with E-state index in [2.05, 4.69) is 0 Å². The molecule has 0 aliphatic carbocycles. The van der Waals surface area contributed by atoms with Crippen LogP contribution in [0.2, 0.25) is 10.0 Å². The fraction of sp³-hybridized carbons (Fsp3) is 0.133. The van der Waals surface area contributed by atoms with Crippen molar-refractivity contribution in [2.24, 2.45) is 0 Å². The minimum absolute atomic E-state index is 0.187. The predicted molar refractivity (Wildman–Crippen MR) is 87.3 cm³/mol. The van der Waals surface area contributed by atoms with Gasteiger partial charge in [-0.3, -0.25) is 9.69 Å². The van der Waals surface area contributed by atoms with E-state index < -0.39 is 0 Å². The minimum atomic E-state index is -0.322. The van der Waals surface area contributed by atoms with Gasteiger partial charge in [0.2, 0.25) is 5.91 Å². The van der Waals surface area contributed by atoms with Crippen molar-refractivity contribution in [3.8, 4) is 5.75 Å². The summed E-state index contributed by atoms with van der Waals surface area (Å²) in [5.74, 6) is 0.00467. The summed E-state index contributed by atoms with van der Waals surface area (Å²) < 4.78 is 5.10. The summed E-state index contributed by atoms with van der Waals surface area (Å²) in [4.78, 5) is 13.6. The Bertz CT molecular complexity index is 624.